The predicted molar refractivity (Wildman–Crippen MR) is 62.7 cm³/mol. The molecule has 0 aromatic rings. The molecule has 0 bridgehead atoms. The average Bonchev–Trinajstić information content (AvgIpc) is 2.18. The van der Waals surface area contributed by atoms with Gasteiger partial charge in [0, 0.05) is 32.1 Å². The zero-order chi connectivity index (χ0) is 11.3. The number of hydrogen-bond acceptors (Lipinski definition) is 2. The second-order valence-electron chi connectivity index (χ2n) is 4.50. The van der Waals surface area contributed by atoms with Gasteiger partial charge in [-0.05, 0) is 13.3 Å². The van der Waals surface area contributed by atoms with E-state index in [4.69, 9.17) is 0 Å². The predicted octanol–water partition coefficient (Wildman–Crippen LogP) is 1.55. The summed E-state index contributed by atoms with van der Waals surface area (Å²) in [5.74, 6) is 0.270. The molecule has 3 nitrogen and oxygen atoms in total. The Hall–Kier alpha value is -0.830. The van der Waals surface area contributed by atoms with Gasteiger partial charge in [0.15, 0.2) is 0 Å². The summed E-state index contributed by atoms with van der Waals surface area (Å²) in [6.45, 7) is 8.79. The lowest BCUT2D eigenvalue weighted by Gasteiger charge is -2.25. The van der Waals surface area contributed by atoms with Crippen LogP contribution in [0.5, 0.6) is 0 Å². The molecule has 0 aliphatic carbocycles. The van der Waals surface area contributed by atoms with Crippen LogP contribution in [0.3, 0.4) is 0 Å². The summed E-state index contributed by atoms with van der Waals surface area (Å²) in [5.41, 5.74) is 1.40. The smallest absolute Gasteiger partial charge is 0.224 e. The first-order valence-electron chi connectivity index (χ1n) is 5.76. The molecule has 0 atom stereocenters. The quantitative estimate of drug-likeness (QED) is 0.714. The fourth-order valence-corrected chi connectivity index (χ4v) is 1.62. The van der Waals surface area contributed by atoms with E-state index in [1.165, 1.54) is 5.57 Å². The molecule has 1 rings (SSSR count). The highest BCUT2D eigenvalue weighted by Gasteiger charge is 2.14. The van der Waals surface area contributed by atoms with Crippen LogP contribution in [0.25, 0.3) is 0 Å². The molecule has 0 fully saturated rings. The van der Waals surface area contributed by atoms with Crippen LogP contribution in [0, 0.1) is 0 Å². The zero-order valence-corrected chi connectivity index (χ0v) is 10.0. The van der Waals surface area contributed by atoms with Crippen LogP contribution in [-0.2, 0) is 4.79 Å². The minimum Gasteiger partial charge on any atom is -0.339 e. The molecule has 0 spiro atoms. The minimum atomic E-state index is 0.270. The summed E-state index contributed by atoms with van der Waals surface area (Å²) in [4.78, 5) is 13.7. The molecular formula is C12H22N2O. The highest BCUT2D eigenvalue weighted by atomic mass is 16.2. The molecule has 0 unspecified atom stereocenters. The Morgan fingerprint density at radius 1 is 1.60 bits per heavy atom. The van der Waals surface area contributed by atoms with Gasteiger partial charge in [-0.15, -0.1) is 0 Å². The summed E-state index contributed by atoms with van der Waals surface area (Å²) < 4.78 is 0. The molecule has 3 heteroatoms. The van der Waals surface area contributed by atoms with Gasteiger partial charge >= 0.3 is 0 Å². The standard InChI is InChI=1S/C12H22N2O/c1-10(2)13-7-4-12(15)14-8-5-11(3)6-9-14/h5,10,13H,4,6-9H2,1-3H3. The molecule has 0 aromatic heterocycles. The van der Waals surface area contributed by atoms with Crippen LogP contribution in [-0.4, -0.2) is 36.5 Å². The lowest BCUT2D eigenvalue weighted by atomic mass is 10.1. The molecule has 0 saturated carbocycles. The number of carbonyl (C=O) groups excluding carboxylic acids is 1. The van der Waals surface area contributed by atoms with E-state index in [0.29, 0.717) is 12.5 Å². The normalized spacial score (nSPS) is 16.8. The van der Waals surface area contributed by atoms with Crippen molar-refractivity contribution in [3.8, 4) is 0 Å². The summed E-state index contributed by atoms with van der Waals surface area (Å²) in [5, 5.41) is 3.26. The van der Waals surface area contributed by atoms with Crippen molar-refractivity contribution in [1.82, 2.24) is 10.2 Å². The van der Waals surface area contributed by atoms with Crippen LogP contribution in [0.2, 0.25) is 0 Å². The molecule has 15 heavy (non-hydrogen) atoms. The lowest BCUT2D eigenvalue weighted by molar-refractivity contribution is -0.130. The summed E-state index contributed by atoms with van der Waals surface area (Å²) >= 11 is 0. The Labute approximate surface area is 92.5 Å². The van der Waals surface area contributed by atoms with Crippen LogP contribution in [0.4, 0.5) is 0 Å². The number of rotatable bonds is 4. The van der Waals surface area contributed by atoms with Gasteiger partial charge in [0.25, 0.3) is 0 Å². The van der Waals surface area contributed by atoms with E-state index in [2.05, 4.69) is 32.2 Å². The van der Waals surface area contributed by atoms with Gasteiger partial charge in [-0.3, -0.25) is 4.79 Å². The zero-order valence-electron chi connectivity index (χ0n) is 10.0. The molecule has 1 aliphatic heterocycles. The van der Waals surface area contributed by atoms with Crippen molar-refractivity contribution in [3.05, 3.63) is 11.6 Å². The van der Waals surface area contributed by atoms with E-state index in [0.717, 1.165) is 26.1 Å². The van der Waals surface area contributed by atoms with Crippen molar-refractivity contribution in [2.75, 3.05) is 19.6 Å². The largest absolute Gasteiger partial charge is 0.339 e. The Balaban J connectivity index is 2.23. The van der Waals surface area contributed by atoms with Gasteiger partial charge in [-0.1, -0.05) is 25.5 Å². The van der Waals surface area contributed by atoms with Crippen molar-refractivity contribution in [1.29, 1.82) is 0 Å². The highest BCUT2D eigenvalue weighted by Crippen LogP contribution is 2.10. The van der Waals surface area contributed by atoms with E-state index in [-0.39, 0.29) is 5.91 Å². The number of nitrogens with zero attached hydrogens (tertiary/aromatic N) is 1. The molecule has 86 valence electrons. The monoisotopic (exact) mass is 210 g/mol. The molecule has 1 aliphatic rings. The van der Waals surface area contributed by atoms with Crippen molar-refractivity contribution < 1.29 is 4.79 Å². The van der Waals surface area contributed by atoms with Crippen molar-refractivity contribution >= 4 is 5.91 Å². The molecule has 1 N–H and O–H groups in total. The van der Waals surface area contributed by atoms with Crippen LogP contribution in [0.15, 0.2) is 11.6 Å². The third-order valence-electron chi connectivity index (χ3n) is 2.68. The molecule has 0 radical (unpaired) electrons. The Morgan fingerprint density at radius 3 is 2.87 bits per heavy atom. The number of nitrogens with one attached hydrogen (secondary N) is 1. The highest BCUT2D eigenvalue weighted by molar-refractivity contribution is 5.76. The SMILES string of the molecule is CC1=CCN(C(=O)CCNC(C)C)CC1. The summed E-state index contributed by atoms with van der Waals surface area (Å²) in [7, 11) is 0. The summed E-state index contributed by atoms with van der Waals surface area (Å²) in [6.07, 6.45) is 3.80. The maximum Gasteiger partial charge on any atom is 0.224 e. The van der Waals surface area contributed by atoms with Crippen molar-refractivity contribution in [2.24, 2.45) is 0 Å². The fourth-order valence-electron chi connectivity index (χ4n) is 1.62. The Morgan fingerprint density at radius 2 is 2.33 bits per heavy atom. The van der Waals surface area contributed by atoms with Gasteiger partial charge in [-0.2, -0.15) is 0 Å². The molecular weight excluding hydrogens is 188 g/mol. The third-order valence-corrected chi connectivity index (χ3v) is 2.68. The van der Waals surface area contributed by atoms with E-state index in [9.17, 15) is 4.79 Å². The van der Waals surface area contributed by atoms with Crippen LogP contribution in [0.1, 0.15) is 33.6 Å². The minimum absolute atomic E-state index is 0.270. The van der Waals surface area contributed by atoms with E-state index in [1.54, 1.807) is 0 Å². The van der Waals surface area contributed by atoms with Gasteiger partial charge in [0.2, 0.25) is 5.91 Å². The van der Waals surface area contributed by atoms with E-state index < -0.39 is 0 Å². The van der Waals surface area contributed by atoms with Crippen LogP contribution >= 0.6 is 0 Å². The fraction of sp³-hybridized carbons (Fsp3) is 0.750. The third kappa shape index (κ3) is 4.47. The van der Waals surface area contributed by atoms with Gasteiger partial charge in [-0.25, -0.2) is 0 Å². The van der Waals surface area contributed by atoms with Crippen molar-refractivity contribution in [2.45, 2.75) is 39.7 Å². The maximum absolute atomic E-state index is 11.7. The number of carbonyl (C=O) groups is 1. The van der Waals surface area contributed by atoms with Gasteiger partial charge < -0.3 is 10.2 Å². The molecule has 0 saturated heterocycles. The Kier molecular flexibility index (Phi) is 4.82. The second-order valence-corrected chi connectivity index (χ2v) is 4.50. The number of hydrogen-bond donors (Lipinski definition) is 1. The van der Waals surface area contributed by atoms with E-state index >= 15 is 0 Å². The first-order valence-corrected chi connectivity index (χ1v) is 5.76. The van der Waals surface area contributed by atoms with Gasteiger partial charge in [0.1, 0.15) is 0 Å². The first kappa shape index (κ1) is 12.2. The second kappa shape index (κ2) is 5.91. The first-order chi connectivity index (χ1) is 7.09. The number of amides is 1. The van der Waals surface area contributed by atoms with Crippen LogP contribution < -0.4 is 5.32 Å². The molecule has 1 amide bonds. The van der Waals surface area contributed by atoms with E-state index in [1.807, 2.05) is 4.90 Å². The Bertz CT molecular complexity index is 246. The lowest BCUT2D eigenvalue weighted by Crippen LogP contribution is -2.37. The maximum atomic E-state index is 11.7. The molecule has 0 aromatic carbocycles. The summed E-state index contributed by atoms with van der Waals surface area (Å²) in [6, 6.07) is 0.460. The topological polar surface area (TPSA) is 32.3 Å². The average molecular weight is 210 g/mol. The molecule has 1 heterocycles. The van der Waals surface area contributed by atoms with Gasteiger partial charge in [0.05, 0.1) is 0 Å². The van der Waals surface area contributed by atoms with Crippen molar-refractivity contribution in [3.63, 3.8) is 0 Å².